The van der Waals surface area contributed by atoms with Gasteiger partial charge in [0, 0.05) is 0 Å². The van der Waals surface area contributed by atoms with Gasteiger partial charge >= 0.3 is 17.3 Å². The molecule has 0 aromatic heterocycles. The van der Waals surface area contributed by atoms with Crippen LogP contribution >= 0.6 is 0 Å². The van der Waals surface area contributed by atoms with Crippen LogP contribution < -0.4 is 5.46 Å². The molecule has 0 bridgehead atoms. The smallest absolute Gasteiger partial charge is 0.423 e. The van der Waals surface area contributed by atoms with E-state index in [0.717, 1.165) is 24.3 Å². The Balaban J connectivity index is 3.08. The van der Waals surface area contributed by atoms with Crippen LogP contribution in [0.1, 0.15) is 0 Å². The zero-order valence-corrected chi connectivity index (χ0v) is 7.20. The molecule has 4 nitrogen and oxygen atoms in total. The van der Waals surface area contributed by atoms with Gasteiger partial charge in [-0.25, -0.2) is 0 Å². The lowest BCUT2D eigenvalue weighted by Crippen LogP contribution is -2.29. The van der Waals surface area contributed by atoms with E-state index in [1.54, 1.807) is 0 Å². The lowest BCUT2D eigenvalue weighted by atomic mass is 9.81. The number of hydrogen-bond donors (Lipinski definition) is 2. The van der Waals surface area contributed by atoms with Crippen molar-refractivity contribution in [3.8, 4) is 0 Å². The fraction of sp³-hybridized carbons (Fsp3) is 0. The van der Waals surface area contributed by atoms with Crippen molar-refractivity contribution in [3.63, 3.8) is 0 Å². The van der Waals surface area contributed by atoms with E-state index in [1.165, 1.54) is 0 Å². The first-order chi connectivity index (χ1) is 5.91. The van der Waals surface area contributed by atoms with Crippen molar-refractivity contribution in [2.75, 3.05) is 0 Å². The summed E-state index contributed by atoms with van der Waals surface area (Å²) < 4.78 is 32.9. The summed E-state index contributed by atoms with van der Waals surface area (Å²) >= 11 is 0. The third-order valence-electron chi connectivity index (χ3n) is 1.46. The summed E-state index contributed by atoms with van der Waals surface area (Å²) in [4.78, 5) is -0.503. The first-order valence-electron chi connectivity index (χ1n) is 3.32. The molecule has 0 heterocycles. The Kier molecular flexibility index (Phi) is 2.70. The first-order valence-corrected chi connectivity index (χ1v) is 4.70. The van der Waals surface area contributed by atoms with E-state index < -0.39 is 22.2 Å². The molecule has 13 heavy (non-hydrogen) atoms. The minimum absolute atomic E-state index is 0.104. The summed E-state index contributed by atoms with van der Waals surface area (Å²) in [5, 5.41) is 17.3. The summed E-state index contributed by atoms with van der Waals surface area (Å²) in [5.41, 5.74) is 0.104. The van der Waals surface area contributed by atoms with Crippen molar-refractivity contribution >= 4 is 22.8 Å². The molecule has 1 aromatic rings. The van der Waals surface area contributed by atoms with E-state index >= 15 is 0 Å². The molecule has 0 saturated carbocycles. The van der Waals surface area contributed by atoms with Crippen LogP contribution in [-0.4, -0.2) is 25.6 Å². The SMILES string of the molecule is O=S(=O)(F)c1ccc(B(O)O)cc1. The molecule has 0 radical (unpaired) electrons. The maximum atomic E-state index is 12.3. The highest BCUT2D eigenvalue weighted by molar-refractivity contribution is 7.86. The molecule has 0 saturated heterocycles. The Bertz CT molecular complexity index is 386. The highest BCUT2D eigenvalue weighted by Gasteiger charge is 2.14. The Labute approximate surface area is 75.0 Å². The molecule has 0 unspecified atom stereocenters. The average Bonchev–Trinajstić information content (AvgIpc) is 2.03. The first kappa shape index (κ1) is 10.2. The Hall–Kier alpha value is -0.915. The molecule has 1 rings (SSSR count). The van der Waals surface area contributed by atoms with E-state index in [1.807, 2.05) is 0 Å². The topological polar surface area (TPSA) is 74.6 Å². The van der Waals surface area contributed by atoms with E-state index in [-0.39, 0.29) is 5.46 Å². The van der Waals surface area contributed by atoms with Crippen LogP contribution in [0.2, 0.25) is 0 Å². The lowest BCUT2D eigenvalue weighted by Gasteiger charge is -1.98. The summed E-state index contributed by atoms with van der Waals surface area (Å²) in [5.74, 6) is 0. The molecule has 7 heteroatoms. The van der Waals surface area contributed by atoms with Crippen molar-refractivity contribution < 1.29 is 22.4 Å². The zero-order valence-electron chi connectivity index (χ0n) is 6.38. The second-order valence-electron chi connectivity index (χ2n) is 2.38. The molecule has 2 N–H and O–H groups in total. The van der Waals surface area contributed by atoms with Crippen LogP contribution in [0.25, 0.3) is 0 Å². The van der Waals surface area contributed by atoms with Gasteiger partial charge in [0.1, 0.15) is 0 Å². The van der Waals surface area contributed by atoms with E-state index in [4.69, 9.17) is 10.0 Å². The van der Waals surface area contributed by atoms with E-state index in [9.17, 15) is 12.3 Å². The van der Waals surface area contributed by atoms with Gasteiger partial charge in [0.2, 0.25) is 0 Å². The van der Waals surface area contributed by atoms with Crippen molar-refractivity contribution in [1.29, 1.82) is 0 Å². The van der Waals surface area contributed by atoms with Crippen LogP contribution in [0.3, 0.4) is 0 Å². The van der Waals surface area contributed by atoms with E-state index in [0.29, 0.717) is 0 Å². The lowest BCUT2D eigenvalue weighted by molar-refractivity contribution is 0.425. The Morgan fingerprint density at radius 1 is 1.15 bits per heavy atom. The van der Waals surface area contributed by atoms with Gasteiger partial charge in [-0.1, -0.05) is 12.1 Å². The van der Waals surface area contributed by atoms with Crippen LogP contribution in [0.5, 0.6) is 0 Å². The Morgan fingerprint density at radius 3 is 1.92 bits per heavy atom. The second-order valence-corrected chi connectivity index (χ2v) is 3.73. The molecule has 0 aliphatic heterocycles. The molecule has 0 amide bonds. The van der Waals surface area contributed by atoms with Gasteiger partial charge in [-0.05, 0) is 17.6 Å². The fourth-order valence-electron chi connectivity index (χ4n) is 0.803. The number of halogens is 1. The van der Waals surface area contributed by atoms with Gasteiger partial charge in [0.05, 0.1) is 4.90 Å². The van der Waals surface area contributed by atoms with Gasteiger partial charge in [-0.2, -0.15) is 8.42 Å². The Morgan fingerprint density at radius 2 is 1.62 bits per heavy atom. The minimum atomic E-state index is -4.71. The summed E-state index contributed by atoms with van der Waals surface area (Å²) in [6, 6.07) is 4.17. The highest BCUT2D eigenvalue weighted by Crippen LogP contribution is 2.09. The normalized spacial score (nSPS) is 11.3. The van der Waals surface area contributed by atoms with Crippen molar-refractivity contribution in [2.24, 2.45) is 0 Å². The van der Waals surface area contributed by atoms with Crippen LogP contribution in [0, 0.1) is 0 Å². The number of rotatable bonds is 2. The van der Waals surface area contributed by atoms with Gasteiger partial charge in [-0.3, -0.25) is 0 Å². The summed E-state index contributed by atoms with van der Waals surface area (Å²) in [6.07, 6.45) is 0. The number of benzene rings is 1. The third kappa shape index (κ3) is 2.51. The van der Waals surface area contributed by atoms with E-state index in [2.05, 4.69) is 0 Å². The maximum Gasteiger partial charge on any atom is 0.488 e. The molecule has 0 fully saturated rings. The predicted molar refractivity (Wildman–Crippen MR) is 44.6 cm³/mol. The zero-order chi connectivity index (χ0) is 10.1. The molecule has 0 aliphatic carbocycles. The fourth-order valence-corrected chi connectivity index (χ4v) is 1.26. The molecule has 0 atom stereocenters. The van der Waals surface area contributed by atoms with Gasteiger partial charge < -0.3 is 10.0 Å². The summed E-state index contributed by atoms with van der Waals surface area (Å²) in [6.45, 7) is 0. The van der Waals surface area contributed by atoms with Gasteiger partial charge in [0.15, 0.2) is 0 Å². The standard InChI is InChI=1S/C6H6BFO4S/c8-13(11,12)6-3-1-5(2-4-6)7(9)10/h1-4,9-10H. The van der Waals surface area contributed by atoms with Crippen molar-refractivity contribution in [2.45, 2.75) is 4.90 Å². The predicted octanol–water partition coefficient (Wildman–Crippen LogP) is -0.975. The molecular weight excluding hydrogens is 198 g/mol. The van der Waals surface area contributed by atoms with Gasteiger partial charge in [-0.15, -0.1) is 3.89 Å². The minimum Gasteiger partial charge on any atom is -0.423 e. The average molecular weight is 204 g/mol. The van der Waals surface area contributed by atoms with Crippen LogP contribution in [0.4, 0.5) is 3.89 Å². The number of hydrogen-bond acceptors (Lipinski definition) is 4. The second kappa shape index (κ2) is 3.45. The molecular formula is C6H6BFO4S. The molecule has 0 spiro atoms. The maximum absolute atomic E-state index is 12.3. The highest BCUT2D eigenvalue weighted by atomic mass is 32.3. The van der Waals surface area contributed by atoms with Crippen molar-refractivity contribution in [1.82, 2.24) is 0 Å². The third-order valence-corrected chi connectivity index (χ3v) is 2.30. The van der Waals surface area contributed by atoms with Crippen LogP contribution in [-0.2, 0) is 10.2 Å². The van der Waals surface area contributed by atoms with Crippen LogP contribution in [0.15, 0.2) is 29.2 Å². The monoisotopic (exact) mass is 204 g/mol. The molecule has 0 aliphatic rings. The largest absolute Gasteiger partial charge is 0.488 e. The summed E-state index contributed by atoms with van der Waals surface area (Å²) in [7, 11) is -6.39. The van der Waals surface area contributed by atoms with Crippen molar-refractivity contribution in [3.05, 3.63) is 24.3 Å². The molecule has 1 aromatic carbocycles. The van der Waals surface area contributed by atoms with Gasteiger partial charge in [0.25, 0.3) is 0 Å². The molecule has 70 valence electrons. The quantitative estimate of drug-likeness (QED) is 0.479.